The maximum absolute atomic E-state index is 4.37. The summed E-state index contributed by atoms with van der Waals surface area (Å²) in [5.41, 5.74) is 4.10. The zero-order valence-electron chi connectivity index (χ0n) is 13.4. The molecule has 1 N–H and O–H groups in total. The molecule has 0 aromatic carbocycles. The maximum atomic E-state index is 4.37. The molecule has 2 aromatic heterocycles. The average Bonchev–Trinajstić information content (AvgIpc) is 2.94. The fourth-order valence-corrected chi connectivity index (χ4v) is 3.07. The van der Waals surface area contributed by atoms with E-state index in [1.54, 1.807) is 11.3 Å². The minimum Gasteiger partial charge on any atom is -0.354 e. The predicted octanol–water partition coefficient (Wildman–Crippen LogP) is 2.46. The van der Waals surface area contributed by atoms with Crippen LogP contribution in [0.4, 0.5) is 5.82 Å². The summed E-state index contributed by atoms with van der Waals surface area (Å²) in [6, 6.07) is 4.18. The van der Waals surface area contributed by atoms with Crippen molar-refractivity contribution in [3.63, 3.8) is 0 Å². The number of hydrogen-bond acceptors (Lipinski definition) is 6. The van der Waals surface area contributed by atoms with Gasteiger partial charge in [0.2, 0.25) is 0 Å². The molecule has 0 aliphatic carbocycles. The highest BCUT2D eigenvalue weighted by Crippen LogP contribution is 2.24. The van der Waals surface area contributed by atoms with Gasteiger partial charge in [-0.25, -0.2) is 4.98 Å². The van der Waals surface area contributed by atoms with Gasteiger partial charge in [-0.15, -0.1) is 16.4 Å². The van der Waals surface area contributed by atoms with Crippen molar-refractivity contribution in [3.8, 4) is 0 Å². The van der Waals surface area contributed by atoms with Gasteiger partial charge in [-0.2, -0.15) is 5.10 Å². The first-order valence-electron chi connectivity index (χ1n) is 7.69. The average molecular weight is 317 g/mol. The van der Waals surface area contributed by atoms with E-state index in [0.717, 1.165) is 43.4 Å². The third-order valence-corrected chi connectivity index (χ3v) is 4.56. The van der Waals surface area contributed by atoms with E-state index >= 15 is 0 Å². The standard InChI is InChI=1S/C16H23N5S/c1-16(2,3)14-4-5-15(20-19-14)21-8-12(9-21)6-17-7-13-10-22-11-18-13/h4-5,10-12,17H,6-9H2,1-3H3. The second-order valence-corrected chi connectivity index (χ2v) is 7.63. The highest BCUT2D eigenvalue weighted by atomic mass is 32.1. The van der Waals surface area contributed by atoms with Crippen LogP contribution in [-0.2, 0) is 12.0 Å². The van der Waals surface area contributed by atoms with E-state index < -0.39 is 0 Å². The number of rotatable bonds is 5. The Balaban J connectivity index is 1.43. The molecular formula is C16H23N5S. The molecule has 3 heterocycles. The van der Waals surface area contributed by atoms with Crippen LogP contribution in [0.5, 0.6) is 0 Å². The van der Waals surface area contributed by atoms with Gasteiger partial charge in [0.1, 0.15) is 0 Å². The van der Waals surface area contributed by atoms with Crippen LogP contribution in [0.3, 0.4) is 0 Å². The van der Waals surface area contributed by atoms with Crippen LogP contribution in [0.25, 0.3) is 0 Å². The lowest BCUT2D eigenvalue weighted by molar-refractivity contribution is 0.380. The highest BCUT2D eigenvalue weighted by Gasteiger charge is 2.28. The van der Waals surface area contributed by atoms with E-state index in [9.17, 15) is 0 Å². The summed E-state index contributed by atoms with van der Waals surface area (Å²) >= 11 is 1.64. The number of nitrogens with one attached hydrogen (secondary N) is 1. The molecule has 1 saturated heterocycles. The molecule has 6 heteroatoms. The summed E-state index contributed by atoms with van der Waals surface area (Å²) in [6.45, 7) is 10.5. The third-order valence-electron chi connectivity index (χ3n) is 3.92. The SMILES string of the molecule is CC(C)(C)c1ccc(N2CC(CNCc3cscn3)C2)nn1. The zero-order valence-corrected chi connectivity index (χ0v) is 14.2. The molecule has 1 aliphatic heterocycles. The Kier molecular flexibility index (Phi) is 4.40. The first kappa shape index (κ1) is 15.4. The van der Waals surface area contributed by atoms with Crippen molar-refractivity contribution in [1.82, 2.24) is 20.5 Å². The Bertz CT molecular complexity index is 582. The smallest absolute Gasteiger partial charge is 0.151 e. The highest BCUT2D eigenvalue weighted by molar-refractivity contribution is 7.07. The summed E-state index contributed by atoms with van der Waals surface area (Å²) < 4.78 is 0. The van der Waals surface area contributed by atoms with Crippen molar-refractivity contribution in [3.05, 3.63) is 34.4 Å². The van der Waals surface area contributed by atoms with Crippen molar-refractivity contribution < 1.29 is 0 Å². The van der Waals surface area contributed by atoms with E-state index in [-0.39, 0.29) is 5.41 Å². The van der Waals surface area contributed by atoms with Crippen LogP contribution in [0, 0.1) is 5.92 Å². The van der Waals surface area contributed by atoms with Gasteiger partial charge in [0, 0.05) is 42.9 Å². The second-order valence-electron chi connectivity index (χ2n) is 6.91. The summed E-state index contributed by atoms with van der Waals surface area (Å²) in [5.74, 6) is 1.67. The summed E-state index contributed by atoms with van der Waals surface area (Å²) in [4.78, 5) is 6.56. The van der Waals surface area contributed by atoms with E-state index in [4.69, 9.17) is 0 Å². The minimum atomic E-state index is 0.0582. The Morgan fingerprint density at radius 2 is 2.09 bits per heavy atom. The Morgan fingerprint density at radius 1 is 1.27 bits per heavy atom. The monoisotopic (exact) mass is 317 g/mol. The Hall–Kier alpha value is -1.53. The Morgan fingerprint density at radius 3 is 2.68 bits per heavy atom. The Labute approximate surface area is 135 Å². The summed E-state index contributed by atoms with van der Waals surface area (Å²) in [6.07, 6.45) is 0. The number of nitrogens with zero attached hydrogens (tertiary/aromatic N) is 4. The van der Waals surface area contributed by atoms with Crippen molar-refractivity contribution in [2.45, 2.75) is 32.7 Å². The number of aromatic nitrogens is 3. The van der Waals surface area contributed by atoms with Gasteiger partial charge < -0.3 is 10.2 Å². The molecule has 118 valence electrons. The molecule has 2 aromatic rings. The van der Waals surface area contributed by atoms with Crippen LogP contribution in [0.15, 0.2) is 23.0 Å². The normalized spacial score (nSPS) is 15.9. The van der Waals surface area contributed by atoms with Crippen LogP contribution < -0.4 is 10.2 Å². The first-order chi connectivity index (χ1) is 10.5. The van der Waals surface area contributed by atoms with Gasteiger partial charge >= 0.3 is 0 Å². The fraction of sp³-hybridized carbons (Fsp3) is 0.562. The molecule has 1 aliphatic rings. The van der Waals surface area contributed by atoms with Crippen molar-refractivity contribution in [2.75, 3.05) is 24.5 Å². The van der Waals surface area contributed by atoms with Crippen LogP contribution >= 0.6 is 11.3 Å². The van der Waals surface area contributed by atoms with Gasteiger partial charge in [-0.1, -0.05) is 20.8 Å². The third kappa shape index (κ3) is 3.62. The molecule has 0 atom stereocenters. The van der Waals surface area contributed by atoms with E-state index in [1.807, 2.05) is 5.51 Å². The molecule has 0 bridgehead atoms. The summed E-state index contributed by atoms with van der Waals surface area (Å²) in [7, 11) is 0. The van der Waals surface area contributed by atoms with E-state index in [2.05, 4.69) is 63.7 Å². The number of hydrogen-bond donors (Lipinski definition) is 1. The van der Waals surface area contributed by atoms with Crippen LogP contribution in [0.2, 0.25) is 0 Å². The van der Waals surface area contributed by atoms with E-state index in [0.29, 0.717) is 5.92 Å². The molecule has 0 unspecified atom stereocenters. The van der Waals surface area contributed by atoms with Crippen LogP contribution in [0.1, 0.15) is 32.2 Å². The van der Waals surface area contributed by atoms with Crippen molar-refractivity contribution >= 4 is 17.2 Å². The minimum absolute atomic E-state index is 0.0582. The number of anilines is 1. The molecule has 22 heavy (non-hydrogen) atoms. The predicted molar refractivity (Wildman–Crippen MR) is 90.3 cm³/mol. The van der Waals surface area contributed by atoms with Gasteiger partial charge in [-0.05, 0) is 12.1 Å². The molecule has 0 saturated carbocycles. The molecule has 0 amide bonds. The van der Waals surface area contributed by atoms with Crippen LogP contribution in [-0.4, -0.2) is 34.8 Å². The topological polar surface area (TPSA) is 53.9 Å². The second kappa shape index (κ2) is 6.30. The number of thiazole rings is 1. The lowest BCUT2D eigenvalue weighted by Crippen LogP contribution is -2.51. The van der Waals surface area contributed by atoms with Crippen molar-refractivity contribution in [2.24, 2.45) is 5.92 Å². The molecule has 1 fully saturated rings. The van der Waals surface area contributed by atoms with Gasteiger partial charge in [-0.3, -0.25) is 0 Å². The molecule has 0 radical (unpaired) electrons. The first-order valence-corrected chi connectivity index (χ1v) is 8.63. The lowest BCUT2D eigenvalue weighted by Gasteiger charge is -2.40. The van der Waals surface area contributed by atoms with Gasteiger partial charge in [0.05, 0.1) is 16.9 Å². The summed E-state index contributed by atoms with van der Waals surface area (Å²) in [5, 5.41) is 14.3. The zero-order chi connectivity index (χ0) is 15.6. The lowest BCUT2D eigenvalue weighted by atomic mass is 9.92. The van der Waals surface area contributed by atoms with Crippen molar-refractivity contribution in [1.29, 1.82) is 0 Å². The molecule has 3 rings (SSSR count). The molecular weight excluding hydrogens is 294 g/mol. The fourth-order valence-electron chi connectivity index (χ4n) is 2.51. The van der Waals surface area contributed by atoms with Gasteiger partial charge in [0.15, 0.2) is 5.82 Å². The van der Waals surface area contributed by atoms with Gasteiger partial charge in [0.25, 0.3) is 0 Å². The largest absolute Gasteiger partial charge is 0.354 e. The molecule has 0 spiro atoms. The quantitative estimate of drug-likeness (QED) is 0.918. The van der Waals surface area contributed by atoms with E-state index in [1.165, 1.54) is 0 Å². The maximum Gasteiger partial charge on any atom is 0.151 e. The molecule has 5 nitrogen and oxygen atoms in total.